The van der Waals surface area contributed by atoms with E-state index in [9.17, 15) is 25.9 Å². The number of rotatable bonds is 70. The Kier molecular flexibility index (Phi) is 78.4. The predicted octanol–water partition coefficient (Wildman–Crippen LogP) is 24.8. The Morgan fingerprint density at radius 3 is 0.434 bits per heavy atom. The van der Waals surface area contributed by atoms with Crippen LogP contribution in [0.4, 0.5) is 0 Å². The van der Waals surface area contributed by atoms with Crippen LogP contribution in [-0.4, -0.2) is 76.9 Å². The van der Waals surface area contributed by atoms with Gasteiger partial charge in [-0.15, -0.1) is 0 Å². The molecule has 0 amide bonds. The Balaban J connectivity index is -0.00000152. The second-order valence-corrected chi connectivity index (χ2v) is 28.2. The molecule has 496 valence electrons. The van der Waals surface area contributed by atoms with E-state index in [1.54, 1.807) is 0 Å². The van der Waals surface area contributed by atoms with Crippen LogP contribution in [0.15, 0.2) is 0 Å². The molecule has 0 aliphatic rings. The summed E-state index contributed by atoms with van der Waals surface area (Å²) < 4.78 is 75.1. The summed E-state index contributed by atoms with van der Waals surface area (Å²) >= 11 is 0. The van der Waals surface area contributed by atoms with Crippen molar-refractivity contribution in [3.05, 3.63) is 0 Å². The Bertz CT molecular complexity index is 1300. The molecule has 0 aliphatic carbocycles. The minimum Gasteiger partial charge on any atom is -0.726 e. The minimum atomic E-state index is -4.59. The quantitative estimate of drug-likeness (QED) is 0.0254. The number of hydrogen-bond donors (Lipinski definition) is 0. The van der Waals surface area contributed by atoms with E-state index in [0.717, 1.165) is 51.4 Å². The molecular weight excluding hydrogens is 1100 g/mol. The largest absolute Gasteiger partial charge is 2.00 e. The second-order valence-electron chi connectivity index (χ2n) is 26.1. The average Bonchev–Trinajstić information content (AvgIpc) is 3.45. The van der Waals surface area contributed by atoms with Gasteiger partial charge in [0.05, 0.1) is 13.2 Å². The third-order valence-electron chi connectivity index (χ3n) is 17.8. The van der Waals surface area contributed by atoms with Gasteiger partial charge in [-0.05, 0) is 37.5 Å². The molecule has 0 spiro atoms. The fourth-order valence-electron chi connectivity index (χ4n) is 12.2. The van der Waals surface area contributed by atoms with Crippen LogP contribution in [-0.2, 0) is 29.2 Å². The molecule has 0 heterocycles. The molecular formula is C72H146CaO8S2. The fraction of sp³-hybridized carbons (Fsp3) is 1.00. The molecule has 11 heteroatoms. The summed E-state index contributed by atoms with van der Waals surface area (Å²) in [6.07, 6.45) is 84.9. The molecule has 2 unspecified atom stereocenters. The van der Waals surface area contributed by atoms with Crippen LogP contribution >= 0.6 is 0 Å². The van der Waals surface area contributed by atoms with Gasteiger partial charge < -0.3 is 9.11 Å². The Labute approximate surface area is 552 Å². The first kappa shape index (κ1) is 88.2. The first-order valence-electron chi connectivity index (χ1n) is 37.2. The topological polar surface area (TPSA) is 133 Å². The normalized spacial score (nSPS) is 12.6. The first-order chi connectivity index (χ1) is 40.0. The summed E-state index contributed by atoms with van der Waals surface area (Å²) in [6, 6.07) is 0. The van der Waals surface area contributed by atoms with Gasteiger partial charge in [-0.2, -0.15) is 0 Å². The Hall–Kier alpha value is 1.000. The van der Waals surface area contributed by atoms with Gasteiger partial charge in [-0.1, -0.05) is 413 Å². The van der Waals surface area contributed by atoms with Gasteiger partial charge in [0.2, 0.25) is 20.8 Å². The standard InChI is InChI=1S/2C36H74O4S.Ca/c2*1-3-5-7-9-11-13-15-16-17-18-19-20-21-22-24-26-28-30-32-34-36(35-40-41(37,38)39)33-31-29-27-25-23-14-12-10-8-6-4-2;/h2*36H,3-35H2,1-2H3,(H,37,38,39);/q;;+2/p-2. The predicted molar refractivity (Wildman–Crippen MR) is 362 cm³/mol. The number of unbranched alkanes of at least 4 members (excludes halogenated alkanes) is 56. The van der Waals surface area contributed by atoms with E-state index >= 15 is 0 Å². The van der Waals surface area contributed by atoms with E-state index in [2.05, 4.69) is 36.1 Å². The molecule has 8 nitrogen and oxygen atoms in total. The maximum Gasteiger partial charge on any atom is 2.00 e. The fourth-order valence-corrected chi connectivity index (χ4v) is 12.9. The molecule has 0 radical (unpaired) electrons. The van der Waals surface area contributed by atoms with Crippen molar-refractivity contribution in [3.63, 3.8) is 0 Å². The summed E-state index contributed by atoms with van der Waals surface area (Å²) in [7, 11) is -9.17. The summed E-state index contributed by atoms with van der Waals surface area (Å²) in [5, 5.41) is 0. The average molecular weight is 1240 g/mol. The van der Waals surface area contributed by atoms with Crippen molar-refractivity contribution in [2.75, 3.05) is 13.2 Å². The van der Waals surface area contributed by atoms with E-state index in [4.69, 9.17) is 0 Å². The maximum absolute atomic E-state index is 11.0. The minimum absolute atomic E-state index is 0. The maximum atomic E-state index is 11.0. The van der Waals surface area contributed by atoms with Gasteiger partial charge in [-0.3, -0.25) is 8.37 Å². The summed E-state index contributed by atoms with van der Waals surface area (Å²) in [6.45, 7) is 9.24. The smallest absolute Gasteiger partial charge is 0.726 e. The van der Waals surface area contributed by atoms with Gasteiger partial charge in [0.25, 0.3) is 0 Å². The van der Waals surface area contributed by atoms with Gasteiger partial charge in [0.15, 0.2) is 0 Å². The van der Waals surface area contributed by atoms with Crippen LogP contribution in [0.5, 0.6) is 0 Å². The third-order valence-corrected chi connectivity index (χ3v) is 18.6. The van der Waals surface area contributed by atoms with Crippen LogP contribution in [0.25, 0.3) is 0 Å². The van der Waals surface area contributed by atoms with Crippen molar-refractivity contribution in [2.24, 2.45) is 11.8 Å². The zero-order valence-corrected chi connectivity index (χ0v) is 60.5. The van der Waals surface area contributed by atoms with Crippen molar-refractivity contribution >= 4 is 58.5 Å². The monoisotopic (exact) mass is 1240 g/mol. The van der Waals surface area contributed by atoms with Crippen molar-refractivity contribution in [1.29, 1.82) is 0 Å². The van der Waals surface area contributed by atoms with Crippen LogP contribution in [0.1, 0.15) is 439 Å². The molecule has 0 saturated heterocycles. The molecule has 0 saturated carbocycles. The van der Waals surface area contributed by atoms with E-state index in [1.807, 2.05) is 0 Å². The van der Waals surface area contributed by atoms with Crippen molar-refractivity contribution in [1.82, 2.24) is 0 Å². The van der Waals surface area contributed by atoms with Crippen LogP contribution < -0.4 is 0 Å². The van der Waals surface area contributed by atoms with E-state index in [0.29, 0.717) is 0 Å². The first-order valence-corrected chi connectivity index (χ1v) is 39.9. The molecule has 0 aromatic heterocycles. The van der Waals surface area contributed by atoms with Crippen LogP contribution in [0.3, 0.4) is 0 Å². The molecule has 83 heavy (non-hydrogen) atoms. The van der Waals surface area contributed by atoms with Crippen LogP contribution in [0.2, 0.25) is 0 Å². The summed E-state index contributed by atoms with van der Waals surface area (Å²) in [5.41, 5.74) is 0. The van der Waals surface area contributed by atoms with E-state index < -0.39 is 20.8 Å². The van der Waals surface area contributed by atoms with E-state index in [-0.39, 0.29) is 62.8 Å². The van der Waals surface area contributed by atoms with Crippen molar-refractivity contribution in [2.45, 2.75) is 439 Å². The Morgan fingerprint density at radius 1 is 0.217 bits per heavy atom. The summed E-state index contributed by atoms with van der Waals surface area (Å²) in [4.78, 5) is 0. The third kappa shape index (κ3) is 83.0. The van der Waals surface area contributed by atoms with E-state index in [1.165, 1.54) is 360 Å². The van der Waals surface area contributed by atoms with Gasteiger partial charge in [0, 0.05) is 0 Å². The van der Waals surface area contributed by atoms with Gasteiger partial charge >= 0.3 is 37.7 Å². The SMILES string of the molecule is CCCCCCCCCCCCCCCCCCCCCC(CCCCCCCCCCCCC)COS(=O)(=O)[O-].CCCCCCCCCCCCCCCCCCCCCC(CCCCCCCCCCCCC)COS(=O)(=O)[O-].[Ca+2]. The zero-order valence-electron chi connectivity index (χ0n) is 56.6. The Morgan fingerprint density at radius 2 is 0.325 bits per heavy atom. The molecule has 0 aromatic carbocycles. The molecule has 0 fully saturated rings. The number of hydrogen-bond acceptors (Lipinski definition) is 8. The molecule has 0 rings (SSSR count). The second kappa shape index (κ2) is 73.7. The zero-order chi connectivity index (χ0) is 60.2. The van der Waals surface area contributed by atoms with Gasteiger partial charge in [0.1, 0.15) is 0 Å². The van der Waals surface area contributed by atoms with Gasteiger partial charge in [-0.25, -0.2) is 16.8 Å². The molecule has 0 aromatic rings. The van der Waals surface area contributed by atoms with Crippen LogP contribution in [0, 0.1) is 11.8 Å². The molecule has 0 N–H and O–H groups in total. The molecule has 0 aliphatic heterocycles. The van der Waals surface area contributed by atoms with Crippen molar-refractivity contribution < 1.29 is 34.3 Å². The van der Waals surface area contributed by atoms with Crippen molar-refractivity contribution in [3.8, 4) is 0 Å². The molecule has 0 bridgehead atoms. The summed E-state index contributed by atoms with van der Waals surface area (Å²) in [5.74, 6) is 0.395. The molecule has 2 atom stereocenters.